The van der Waals surface area contributed by atoms with Gasteiger partial charge < -0.3 is 0 Å². The molecule has 3 aliphatic rings. The first-order valence-electron chi connectivity index (χ1n) is 5.85. The van der Waals surface area contributed by atoms with Crippen LogP contribution in [0.2, 0.25) is 0 Å². The maximum atomic E-state index is 4.98. The minimum absolute atomic E-state index is 0.662. The lowest BCUT2D eigenvalue weighted by atomic mass is 10.4. The van der Waals surface area contributed by atoms with Crippen LogP contribution in [0.15, 0.2) is 0 Å². The molecule has 3 aliphatic carbocycles. The van der Waals surface area contributed by atoms with Crippen molar-refractivity contribution in [1.82, 2.24) is 0 Å². The summed E-state index contributed by atoms with van der Waals surface area (Å²) >= 11 is 0. The number of hydrogen-bond acceptors (Lipinski definition) is 0. The molecule has 3 saturated carbocycles. The van der Waals surface area contributed by atoms with Crippen LogP contribution >= 0.6 is 0 Å². The molecule has 0 aromatic carbocycles. The average Bonchev–Trinajstić information content (AvgIpc) is 3.15. The highest BCUT2D eigenvalue weighted by molar-refractivity contribution is 5.30. The third-order valence-electron chi connectivity index (χ3n) is 2.58. The van der Waals surface area contributed by atoms with E-state index in [1.54, 1.807) is 0 Å². The van der Waals surface area contributed by atoms with Crippen molar-refractivity contribution in [2.24, 2.45) is 17.8 Å². The van der Waals surface area contributed by atoms with Crippen molar-refractivity contribution in [2.45, 2.75) is 38.5 Å². The van der Waals surface area contributed by atoms with Crippen molar-refractivity contribution >= 4 is 0 Å². The molecule has 0 radical (unpaired) electrons. The summed E-state index contributed by atoms with van der Waals surface area (Å²) in [4.78, 5) is 0. The van der Waals surface area contributed by atoms with Crippen LogP contribution in [0.25, 0.3) is 0 Å². The molecular weight excluding hydrogens is 180 g/mol. The Bertz CT molecular complexity index is 334. The highest BCUT2D eigenvalue weighted by Gasteiger charge is 2.18. The lowest BCUT2D eigenvalue weighted by molar-refractivity contribution is 1.18. The van der Waals surface area contributed by atoms with E-state index in [4.69, 9.17) is 6.42 Å². The fraction of sp³-hybridized carbons (Fsp3) is 0.600. The van der Waals surface area contributed by atoms with Gasteiger partial charge in [-0.3, -0.25) is 0 Å². The van der Waals surface area contributed by atoms with Crippen molar-refractivity contribution < 1.29 is 0 Å². The fourth-order valence-corrected chi connectivity index (χ4v) is 0.982. The van der Waals surface area contributed by atoms with Gasteiger partial charge in [0.15, 0.2) is 0 Å². The molecule has 0 N–H and O–H groups in total. The molecule has 0 unspecified atom stereocenters. The molecule has 0 spiro atoms. The topological polar surface area (TPSA) is 0 Å². The van der Waals surface area contributed by atoms with E-state index in [9.17, 15) is 0 Å². The van der Waals surface area contributed by atoms with Crippen LogP contribution < -0.4 is 0 Å². The second-order valence-electron chi connectivity index (χ2n) is 4.53. The van der Waals surface area contributed by atoms with E-state index in [0.29, 0.717) is 17.8 Å². The Balaban J connectivity index is 0.000000144. The van der Waals surface area contributed by atoms with Crippen molar-refractivity contribution in [2.75, 3.05) is 0 Å². The van der Waals surface area contributed by atoms with E-state index in [0.717, 1.165) is 0 Å². The van der Waals surface area contributed by atoms with Crippen molar-refractivity contribution in [3.63, 3.8) is 0 Å². The third kappa shape index (κ3) is 5.20. The van der Waals surface area contributed by atoms with Crippen LogP contribution in [0.3, 0.4) is 0 Å². The zero-order valence-electron chi connectivity index (χ0n) is 9.05. The molecule has 0 aromatic rings. The van der Waals surface area contributed by atoms with Crippen LogP contribution in [0, 0.1) is 53.8 Å². The normalized spacial score (nSPS) is 21.8. The highest BCUT2D eigenvalue weighted by atomic mass is 14.2. The number of rotatable bonds is 0. The minimum atomic E-state index is 0.662. The van der Waals surface area contributed by atoms with Crippen LogP contribution in [-0.2, 0) is 0 Å². The third-order valence-corrected chi connectivity index (χ3v) is 2.58. The summed E-state index contributed by atoms with van der Waals surface area (Å²) < 4.78 is 0. The summed E-state index contributed by atoms with van der Waals surface area (Å²) in [6.45, 7) is 0. The zero-order chi connectivity index (χ0) is 10.5. The molecule has 15 heavy (non-hydrogen) atoms. The van der Waals surface area contributed by atoms with Gasteiger partial charge in [-0.1, -0.05) is 11.8 Å². The van der Waals surface area contributed by atoms with E-state index < -0.39 is 0 Å². The molecule has 0 heterocycles. The molecule has 0 aliphatic heterocycles. The molecule has 3 rings (SSSR count). The summed E-state index contributed by atoms with van der Waals surface area (Å²) in [5.41, 5.74) is 0. The Hall–Kier alpha value is -1.32. The lowest BCUT2D eigenvalue weighted by Gasteiger charge is -1.67. The Morgan fingerprint density at radius 2 is 1.07 bits per heavy atom. The maximum absolute atomic E-state index is 4.98. The van der Waals surface area contributed by atoms with Gasteiger partial charge in [0.25, 0.3) is 0 Å². The molecule has 0 bridgehead atoms. The predicted molar refractivity (Wildman–Crippen MR) is 62.6 cm³/mol. The molecule has 0 atom stereocenters. The first-order chi connectivity index (χ1) is 7.38. The molecule has 3 fully saturated rings. The first-order valence-corrected chi connectivity index (χ1v) is 5.85. The molecule has 0 nitrogen and oxygen atoms in total. The van der Waals surface area contributed by atoms with Gasteiger partial charge in [0.2, 0.25) is 0 Å². The quantitative estimate of drug-likeness (QED) is 0.523. The van der Waals surface area contributed by atoms with Gasteiger partial charge in [-0.05, 0) is 50.4 Å². The first kappa shape index (κ1) is 10.2. The Morgan fingerprint density at radius 1 is 0.667 bits per heavy atom. The second-order valence-corrected chi connectivity index (χ2v) is 4.53. The standard InChI is InChI=1S/C10H10.C5H6/c1(3-9-5-6-9)2-4-10-7-8-10;1-2-5-3-4-5/h9-10H,5-8H2;1,5H,3-4H2. The highest BCUT2D eigenvalue weighted by Crippen LogP contribution is 2.28. The Kier molecular flexibility index (Phi) is 3.37. The second kappa shape index (κ2) is 4.96. The average molecular weight is 196 g/mol. The summed E-state index contributed by atoms with van der Waals surface area (Å²) in [5, 5.41) is 0. The lowest BCUT2D eigenvalue weighted by Crippen LogP contribution is -1.63. The van der Waals surface area contributed by atoms with Crippen molar-refractivity contribution in [3.05, 3.63) is 0 Å². The van der Waals surface area contributed by atoms with Gasteiger partial charge >= 0.3 is 0 Å². The minimum Gasteiger partial charge on any atom is -0.120 e. The van der Waals surface area contributed by atoms with Gasteiger partial charge in [-0.25, -0.2) is 0 Å². The molecule has 76 valence electrons. The zero-order valence-corrected chi connectivity index (χ0v) is 9.05. The SMILES string of the molecule is C#CC1CC1.C(C#CC1CC1)#CC1CC1. The molecule has 0 aromatic heterocycles. The van der Waals surface area contributed by atoms with Gasteiger partial charge in [0, 0.05) is 17.8 Å². The van der Waals surface area contributed by atoms with E-state index in [-0.39, 0.29) is 0 Å². The van der Waals surface area contributed by atoms with Gasteiger partial charge in [-0.2, -0.15) is 0 Å². The molecule has 0 saturated heterocycles. The molecular formula is C15H16. The van der Waals surface area contributed by atoms with Crippen LogP contribution in [-0.4, -0.2) is 0 Å². The van der Waals surface area contributed by atoms with Crippen molar-refractivity contribution in [3.8, 4) is 36.0 Å². The van der Waals surface area contributed by atoms with E-state index >= 15 is 0 Å². The van der Waals surface area contributed by atoms with Crippen LogP contribution in [0.1, 0.15) is 38.5 Å². The fourth-order valence-electron chi connectivity index (χ4n) is 0.982. The molecule has 0 amide bonds. The summed E-state index contributed by atoms with van der Waals surface area (Å²) in [7, 11) is 0. The number of hydrogen-bond donors (Lipinski definition) is 0. The van der Waals surface area contributed by atoms with E-state index in [1.165, 1.54) is 38.5 Å². The summed E-state index contributed by atoms with van der Waals surface area (Å²) in [6, 6.07) is 0. The van der Waals surface area contributed by atoms with E-state index in [1.807, 2.05) is 0 Å². The maximum Gasteiger partial charge on any atom is 0.0214 e. The Labute approximate surface area is 92.8 Å². The summed E-state index contributed by atoms with van der Waals surface area (Å²) in [5.74, 6) is 16.8. The van der Waals surface area contributed by atoms with Gasteiger partial charge in [0.05, 0.1) is 0 Å². The van der Waals surface area contributed by atoms with E-state index in [2.05, 4.69) is 29.6 Å². The monoisotopic (exact) mass is 196 g/mol. The smallest absolute Gasteiger partial charge is 0.0214 e. The number of terminal acetylenes is 1. The van der Waals surface area contributed by atoms with Crippen LogP contribution in [0.4, 0.5) is 0 Å². The van der Waals surface area contributed by atoms with Crippen molar-refractivity contribution in [1.29, 1.82) is 0 Å². The van der Waals surface area contributed by atoms with Gasteiger partial charge in [0.1, 0.15) is 0 Å². The van der Waals surface area contributed by atoms with Crippen LogP contribution in [0.5, 0.6) is 0 Å². The molecule has 0 heteroatoms. The van der Waals surface area contributed by atoms with Gasteiger partial charge in [-0.15, -0.1) is 12.3 Å². The largest absolute Gasteiger partial charge is 0.120 e. The Morgan fingerprint density at radius 3 is 1.27 bits per heavy atom. The predicted octanol–water partition coefficient (Wildman–Crippen LogP) is 2.84. The summed E-state index contributed by atoms with van der Waals surface area (Å²) in [6.07, 6.45) is 12.7.